The Bertz CT molecular complexity index is 121. The third-order valence-electron chi connectivity index (χ3n) is 2.21. The van der Waals surface area contributed by atoms with Crippen molar-refractivity contribution in [2.75, 3.05) is 46.4 Å². The highest BCUT2D eigenvalue weighted by Crippen LogP contribution is 1.93. The first-order chi connectivity index (χ1) is 6.74. The zero-order chi connectivity index (χ0) is 10.8. The van der Waals surface area contributed by atoms with Crippen LogP contribution in [-0.2, 0) is 4.74 Å². The molecule has 0 fully saturated rings. The molecule has 0 radical (unpaired) electrons. The summed E-state index contributed by atoms with van der Waals surface area (Å²) in [5.41, 5.74) is 0. The summed E-state index contributed by atoms with van der Waals surface area (Å²) in [5, 5.41) is 3.40. The summed E-state index contributed by atoms with van der Waals surface area (Å²) >= 11 is 5.96. The first-order valence-electron chi connectivity index (χ1n) is 5.30. The fourth-order valence-corrected chi connectivity index (χ4v) is 1.51. The molecule has 0 aromatic carbocycles. The maximum atomic E-state index is 5.96. The van der Waals surface area contributed by atoms with Crippen molar-refractivity contribution in [1.82, 2.24) is 10.2 Å². The molecule has 0 heterocycles. The van der Waals surface area contributed by atoms with Gasteiger partial charge in [0, 0.05) is 26.7 Å². The van der Waals surface area contributed by atoms with Gasteiger partial charge in [0.05, 0.1) is 12.0 Å². The minimum Gasteiger partial charge on any atom is -0.383 e. The average Bonchev–Trinajstić information content (AvgIpc) is 2.19. The molecule has 86 valence electrons. The van der Waals surface area contributed by atoms with E-state index in [0.717, 1.165) is 32.7 Å². The SMILES string of the molecule is CCN(CC)CCNCC(Cl)COC. The van der Waals surface area contributed by atoms with Crippen molar-refractivity contribution in [2.24, 2.45) is 0 Å². The molecule has 0 amide bonds. The third-order valence-corrected chi connectivity index (χ3v) is 2.49. The average molecular weight is 223 g/mol. The standard InChI is InChI=1S/C10H23ClN2O/c1-4-13(5-2)7-6-12-8-10(11)9-14-3/h10,12H,4-9H2,1-3H3. The van der Waals surface area contributed by atoms with Crippen molar-refractivity contribution in [3.8, 4) is 0 Å². The molecule has 0 bridgehead atoms. The molecule has 14 heavy (non-hydrogen) atoms. The lowest BCUT2D eigenvalue weighted by molar-refractivity contribution is 0.196. The predicted molar refractivity (Wildman–Crippen MR) is 62.2 cm³/mol. The van der Waals surface area contributed by atoms with Gasteiger partial charge < -0.3 is 15.0 Å². The number of ether oxygens (including phenoxy) is 1. The molecule has 0 saturated carbocycles. The maximum absolute atomic E-state index is 5.96. The monoisotopic (exact) mass is 222 g/mol. The van der Waals surface area contributed by atoms with Gasteiger partial charge in [0.25, 0.3) is 0 Å². The highest BCUT2D eigenvalue weighted by molar-refractivity contribution is 6.20. The molecule has 0 aromatic rings. The number of alkyl halides is 1. The lowest BCUT2D eigenvalue weighted by Gasteiger charge is -2.18. The molecule has 0 aliphatic rings. The van der Waals surface area contributed by atoms with Crippen molar-refractivity contribution in [1.29, 1.82) is 0 Å². The first kappa shape index (κ1) is 14.2. The number of nitrogens with one attached hydrogen (secondary N) is 1. The largest absolute Gasteiger partial charge is 0.383 e. The molecule has 0 aliphatic heterocycles. The zero-order valence-electron chi connectivity index (χ0n) is 9.55. The fraction of sp³-hybridized carbons (Fsp3) is 1.00. The Morgan fingerprint density at radius 1 is 1.36 bits per heavy atom. The smallest absolute Gasteiger partial charge is 0.0693 e. The van der Waals surface area contributed by atoms with E-state index in [0.29, 0.717) is 6.61 Å². The summed E-state index contributed by atoms with van der Waals surface area (Å²) in [5.74, 6) is 0. The molecule has 1 atom stereocenters. The number of nitrogens with zero attached hydrogens (tertiary/aromatic N) is 1. The van der Waals surface area contributed by atoms with Crippen molar-refractivity contribution >= 4 is 11.6 Å². The van der Waals surface area contributed by atoms with Crippen molar-refractivity contribution < 1.29 is 4.74 Å². The van der Waals surface area contributed by atoms with E-state index in [9.17, 15) is 0 Å². The van der Waals surface area contributed by atoms with Gasteiger partial charge >= 0.3 is 0 Å². The Hall–Kier alpha value is 0.170. The number of likely N-dealkylation sites (N-methyl/N-ethyl adjacent to an activating group) is 1. The van der Waals surface area contributed by atoms with Crippen molar-refractivity contribution in [2.45, 2.75) is 19.2 Å². The molecule has 1 unspecified atom stereocenters. The summed E-state index contributed by atoms with van der Waals surface area (Å²) in [4.78, 5) is 2.38. The van der Waals surface area contributed by atoms with Gasteiger partial charge in [-0.1, -0.05) is 13.8 Å². The van der Waals surface area contributed by atoms with E-state index < -0.39 is 0 Å². The van der Waals surface area contributed by atoms with Crippen molar-refractivity contribution in [3.63, 3.8) is 0 Å². The van der Waals surface area contributed by atoms with Crippen LogP contribution in [0.1, 0.15) is 13.8 Å². The molecule has 0 saturated heterocycles. The molecular formula is C10H23ClN2O. The van der Waals surface area contributed by atoms with Crippen LogP contribution < -0.4 is 5.32 Å². The lowest BCUT2D eigenvalue weighted by atomic mass is 10.4. The molecule has 1 N–H and O–H groups in total. The zero-order valence-corrected chi connectivity index (χ0v) is 10.3. The van der Waals surface area contributed by atoms with Gasteiger partial charge in [-0.25, -0.2) is 0 Å². The molecular weight excluding hydrogens is 200 g/mol. The van der Waals surface area contributed by atoms with Gasteiger partial charge in [0.15, 0.2) is 0 Å². The van der Waals surface area contributed by atoms with Gasteiger partial charge in [-0.05, 0) is 13.1 Å². The van der Waals surface area contributed by atoms with Gasteiger partial charge in [-0.15, -0.1) is 11.6 Å². The summed E-state index contributed by atoms with van der Waals surface area (Å²) in [6.45, 7) is 10.1. The van der Waals surface area contributed by atoms with E-state index in [-0.39, 0.29) is 5.38 Å². The van der Waals surface area contributed by atoms with Gasteiger partial charge in [0.1, 0.15) is 0 Å². The number of rotatable bonds is 9. The number of halogens is 1. The quantitative estimate of drug-likeness (QED) is 0.468. The molecule has 3 nitrogen and oxygen atoms in total. The van der Waals surface area contributed by atoms with Crippen LogP contribution in [0.2, 0.25) is 0 Å². The minimum atomic E-state index is 0.0803. The van der Waals surface area contributed by atoms with E-state index >= 15 is 0 Å². The van der Waals surface area contributed by atoms with E-state index in [2.05, 4.69) is 24.1 Å². The van der Waals surface area contributed by atoms with Crippen LogP contribution in [0.5, 0.6) is 0 Å². The third kappa shape index (κ3) is 7.56. The molecule has 0 aliphatic carbocycles. The molecule has 0 aromatic heterocycles. The summed E-state index contributed by atoms with van der Waals surface area (Å²) in [6.07, 6.45) is 0. The number of hydrogen-bond donors (Lipinski definition) is 1. The Morgan fingerprint density at radius 3 is 2.50 bits per heavy atom. The second kappa shape index (κ2) is 9.71. The minimum absolute atomic E-state index is 0.0803. The summed E-state index contributed by atoms with van der Waals surface area (Å²) in [6, 6.07) is 0. The van der Waals surface area contributed by atoms with E-state index in [1.807, 2.05) is 0 Å². The van der Waals surface area contributed by atoms with Crippen LogP contribution in [0.4, 0.5) is 0 Å². The van der Waals surface area contributed by atoms with E-state index in [4.69, 9.17) is 16.3 Å². The topological polar surface area (TPSA) is 24.5 Å². The highest BCUT2D eigenvalue weighted by atomic mass is 35.5. The fourth-order valence-electron chi connectivity index (χ4n) is 1.28. The van der Waals surface area contributed by atoms with Crippen molar-refractivity contribution in [3.05, 3.63) is 0 Å². The van der Waals surface area contributed by atoms with Crippen LogP contribution in [0.3, 0.4) is 0 Å². The molecule has 0 rings (SSSR count). The number of methoxy groups -OCH3 is 1. The van der Waals surface area contributed by atoms with Gasteiger partial charge in [-0.2, -0.15) is 0 Å². The lowest BCUT2D eigenvalue weighted by Crippen LogP contribution is -2.35. The first-order valence-corrected chi connectivity index (χ1v) is 5.74. The highest BCUT2D eigenvalue weighted by Gasteiger charge is 2.03. The second-order valence-corrected chi connectivity index (χ2v) is 3.90. The van der Waals surface area contributed by atoms with Crippen LogP contribution in [0.15, 0.2) is 0 Å². The van der Waals surface area contributed by atoms with Crippen LogP contribution in [0, 0.1) is 0 Å². The Labute approximate surface area is 92.8 Å². The Kier molecular flexibility index (Phi) is 9.83. The Balaban J connectivity index is 3.27. The van der Waals surface area contributed by atoms with Gasteiger partial charge in [0.2, 0.25) is 0 Å². The predicted octanol–water partition coefficient (Wildman–Crippen LogP) is 1.17. The number of hydrogen-bond acceptors (Lipinski definition) is 3. The van der Waals surface area contributed by atoms with Gasteiger partial charge in [-0.3, -0.25) is 0 Å². The van der Waals surface area contributed by atoms with Crippen LogP contribution >= 0.6 is 11.6 Å². The molecule has 0 spiro atoms. The normalized spacial score (nSPS) is 13.5. The van der Waals surface area contributed by atoms with E-state index in [1.54, 1.807) is 7.11 Å². The Morgan fingerprint density at radius 2 is 2.00 bits per heavy atom. The summed E-state index contributed by atoms with van der Waals surface area (Å²) < 4.78 is 4.94. The maximum Gasteiger partial charge on any atom is 0.0693 e. The second-order valence-electron chi connectivity index (χ2n) is 3.28. The molecule has 4 heteroatoms. The summed E-state index contributed by atoms with van der Waals surface area (Å²) in [7, 11) is 1.67. The van der Waals surface area contributed by atoms with E-state index in [1.165, 1.54) is 0 Å². The van der Waals surface area contributed by atoms with Crippen LogP contribution in [0.25, 0.3) is 0 Å². The van der Waals surface area contributed by atoms with Crippen LogP contribution in [-0.4, -0.2) is 56.7 Å².